The van der Waals surface area contributed by atoms with Gasteiger partial charge in [-0.3, -0.25) is 0 Å². The fraction of sp³-hybridized carbons (Fsp3) is 0.333. The molecular formula is C18H23NO. The van der Waals surface area contributed by atoms with Crippen LogP contribution < -0.4 is 10.5 Å². The molecule has 0 heterocycles. The lowest BCUT2D eigenvalue weighted by Crippen LogP contribution is -2.04. The second-order valence-electron chi connectivity index (χ2n) is 5.42. The summed E-state index contributed by atoms with van der Waals surface area (Å²) in [5.41, 5.74) is 9.37. The van der Waals surface area contributed by atoms with Crippen LogP contribution in [0.4, 0.5) is 0 Å². The van der Waals surface area contributed by atoms with Crippen LogP contribution in [0.2, 0.25) is 0 Å². The molecule has 2 N–H and O–H groups in total. The van der Waals surface area contributed by atoms with Crippen LogP contribution >= 0.6 is 0 Å². The summed E-state index contributed by atoms with van der Waals surface area (Å²) in [6, 6.07) is 14.4. The van der Waals surface area contributed by atoms with E-state index in [0.29, 0.717) is 12.5 Å². The Bertz CT molecular complexity index is 575. The number of ether oxygens (including phenoxy) is 1. The molecule has 0 saturated heterocycles. The summed E-state index contributed by atoms with van der Waals surface area (Å²) in [7, 11) is 0. The number of aryl methyl sites for hydroxylation is 1. The predicted octanol–water partition coefficient (Wildman–Crippen LogP) is 4.41. The molecule has 20 heavy (non-hydrogen) atoms. The van der Waals surface area contributed by atoms with Crippen LogP contribution in [0.5, 0.6) is 11.5 Å². The number of benzene rings is 2. The first kappa shape index (κ1) is 14.6. The van der Waals surface area contributed by atoms with Gasteiger partial charge in [0.1, 0.15) is 11.5 Å². The first-order valence-electron chi connectivity index (χ1n) is 7.18. The van der Waals surface area contributed by atoms with Gasteiger partial charge in [0.15, 0.2) is 0 Å². The molecule has 0 aliphatic carbocycles. The third-order valence-electron chi connectivity index (χ3n) is 3.50. The van der Waals surface area contributed by atoms with Crippen molar-refractivity contribution in [3.05, 3.63) is 59.2 Å². The van der Waals surface area contributed by atoms with Crippen LogP contribution in [0, 0.1) is 6.92 Å². The van der Waals surface area contributed by atoms with E-state index in [4.69, 9.17) is 10.5 Å². The van der Waals surface area contributed by atoms with E-state index in [1.165, 1.54) is 16.7 Å². The second-order valence-corrected chi connectivity index (χ2v) is 5.42. The molecule has 0 aromatic heterocycles. The van der Waals surface area contributed by atoms with Gasteiger partial charge in [-0.1, -0.05) is 38.1 Å². The van der Waals surface area contributed by atoms with E-state index < -0.39 is 0 Å². The summed E-state index contributed by atoms with van der Waals surface area (Å²) >= 11 is 0. The molecule has 2 rings (SSSR count). The van der Waals surface area contributed by atoms with E-state index in [-0.39, 0.29) is 0 Å². The molecule has 0 amide bonds. The van der Waals surface area contributed by atoms with Crippen LogP contribution in [-0.4, -0.2) is 6.54 Å². The van der Waals surface area contributed by atoms with Gasteiger partial charge in [0.2, 0.25) is 0 Å². The molecule has 0 saturated carbocycles. The van der Waals surface area contributed by atoms with Crippen molar-refractivity contribution in [2.24, 2.45) is 5.73 Å². The average molecular weight is 269 g/mol. The highest BCUT2D eigenvalue weighted by Gasteiger charge is 2.08. The molecular weight excluding hydrogens is 246 g/mol. The molecule has 0 aliphatic rings. The summed E-state index contributed by atoms with van der Waals surface area (Å²) in [6.45, 7) is 7.14. The van der Waals surface area contributed by atoms with Crippen molar-refractivity contribution in [2.75, 3.05) is 6.54 Å². The Kier molecular flexibility index (Phi) is 4.80. The van der Waals surface area contributed by atoms with Crippen LogP contribution in [0.3, 0.4) is 0 Å². The lowest BCUT2D eigenvalue weighted by atomic mass is 10.0. The standard InChI is InChI=1S/C18H23NO/c1-13(2)17-6-4-5-7-18(17)20-16-9-8-15(10-11-19)14(3)12-16/h4-9,12-13H,10-11,19H2,1-3H3. The lowest BCUT2D eigenvalue weighted by molar-refractivity contribution is 0.472. The number of rotatable bonds is 5. The maximum absolute atomic E-state index is 6.05. The van der Waals surface area contributed by atoms with Gasteiger partial charge >= 0.3 is 0 Å². The normalized spacial score (nSPS) is 10.8. The molecule has 0 fully saturated rings. The van der Waals surface area contributed by atoms with Crippen LogP contribution in [-0.2, 0) is 6.42 Å². The topological polar surface area (TPSA) is 35.2 Å². The van der Waals surface area contributed by atoms with Crippen molar-refractivity contribution in [2.45, 2.75) is 33.1 Å². The molecule has 0 aliphatic heterocycles. The fourth-order valence-electron chi connectivity index (χ4n) is 2.35. The quantitative estimate of drug-likeness (QED) is 0.872. The van der Waals surface area contributed by atoms with Crippen molar-refractivity contribution >= 4 is 0 Å². The molecule has 2 aromatic carbocycles. The van der Waals surface area contributed by atoms with E-state index in [0.717, 1.165) is 17.9 Å². The first-order valence-corrected chi connectivity index (χ1v) is 7.18. The van der Waals surface area contributed by atoms with Crippen molar-refractivity contribution in [3.8, 4) is 11.5 Å². The van der Waals surface area contributed by atoms with Crippen molar-refractivity contribution in [1.29, 1.82) is 0 Å². The van der Waals surface area contributed by atoms with E-state index in [9.17, 15) is 0 Å². The Morgan fingerprint density at radius 1 is 1.10 bits per heavy atom. The Labute approximate surface area is 121 Å². The van der Waals surface area contributed by atoms with E-state index in [1.54, 1.807) is 0 Å². The molecule has 2 aromatic rings. The number of hydrogen-bond acceptors (Lipinski definition) is 2. The predicted molar refractivity (Wildman–Crippen MR) is 84.5 cm³/mol. The highest BCUT2D eigenvalue weighted by molar-refractivity contribution is 5.42. The van der Waals surface area contributed by atoms with Gasteiger partial charge in [0.05, 0.1) is 0 Å². The van der Waals surface area contributed by atoms with Gasteiger partial charge in [-0.15, -0.1) is 0 Å². The summed E-state index contributed by atoms with van der Waals surface area (Å²) in [6.07, 6.45) is 0.911. The Hall–Kier alpha value is -1.80. The van der Waals surface area contributed by atoms with Gasteiger partial charge in [-0.25, -0.2) is 0 Å². The minimum atomic E-state index is 0.448. The summed E-state index contributed by atoms with van der Waals surface area (Å²) < 4.78 is 6.05. The zero-order valence-electron chi connectivity index (χ0n) is 12.5. The summed E-state index contributed by atoms with van der Waals surface area (Å²) in [4.78, 5) is 0. The van der Waals surface area contributed by atoms with Crippen molar-refractivity contribution in [1.82, 2.24) is 0 Å². The minimum absolute atomic E-state index is 0.448. The van der Waals surface area contributed by atoms with E-state index in [1.807, 2.05) is 18.2 Å². The molecule has 0 atom stereocenters. The molecule has 0 radical (unpaired) electrons. The molecule has 0 spiro atoms. The van der Waals surface area contributed by atoms with Crippen molar-refractivity contribution < 1.29 is 4.74 Å². The monoisotopic (exact) mass is 269 g/mol. The zero-order chi connectivity index (χ0) is 14.5. The van der Waals surface area contributed by atoms with Crippen molar-refractivity contribution in [3.63, 3.8) is 0 Å². The van der Waals surface area contributed by atoms with E-state index >= 15 is 0 Å². The second kappa shape index (κ2) is 6.58. The highest BCUT2D eigenvalue weighted by Crippen LogP contribution is 2.31. The van der Waals surface area contributed by atoms with Gasteiger partial charge in [-0.2, -0.15) is 0 Å². The number of nitrogens with two attached hydrogens (primary N) is 1. The maximum Gasteiger partial charge on any atom is 0.130 e. The molecule has 0 bridgehead atoms. The van der Waals surface area contributed by atoms with Gasteiger partial charge in [-0.05, 0) is 60.7 Å². The maximum atomic E-state index is 6.05. The lowest BCUT2D eigenvalue weighted by Gasteiger charge is -2.14. The molecule has 2 heteroatoms. The van der Waals surface area contributed by atoms with E-state index in [2.05, 4.69) is 45.0 Å². The Morgan fingerprint density at radius 3 is 2.50 bits per heavy atom. The average Bonchev–Trinajstić information content (AvgIpc) is 2.42. The van der Waals surface area contributed by atoms with Gasteiger partial charge < -0.3 is 10.5 Å². The summed E-state index contributed by atoms with van der Waals surface area (Å²) in [5.74, 6) is 2.27. The molecule has 106 valence electrons. The Morgan fingerprint density at radius 2 is 1.85 bits per heavy atom. The fourth-order valence-corrected chi connectivity index (χ4v) is 2.35. The zero-order valence-corrected chi connectivity index (χ0v) is 12.5. The summed E-state index contributed by atoms with van der Waals surface area (Å²) in [5, 5.41) is 0. The largest absolute Gasteiger partial charge is 0.457 e. The van der Waals surface area contributed by atoms with Crippen LogP contribution in [0.15, 0.2) is 42.5 Å². The van der Waals surface area contributed by atoms with Gasteiger partial charge in [0, 0.05) is 0 Å². The number of hydrogen-bond donors (Lipinski definition) is 1. The smallest absolute Gasteiger partial charge is 0.130 e. The van der Waals surface area contributed by atoms with Crippen LogP contribution in [0.25, 0.3) is 0 Å². The SMILES string of the molecule is Cc1cc(Oc2ccccc2C(C)C)ccc1CCN. The minimum Gasteiger partial charge on any atom is -0.457 e. The molecule has 0 unspecified atom stereocenters. The third kappa shape index (κ3) is 3.40. The van der Waals surface area contributed by atoms with Crippen LogP contribution in [0.1, 0.15) is 36.5 Å². The first-order chi connectivity index (χ1) is 9.61. The third-order valence-corrected chi connectivity index (χ3v) is 3.50. The number of para-hydroxylation sites is 1. The Balaban J connectivity index is 2.24. The van der Waals surface area contributed by atoms with Gasteiger partial charge in [0.25, 0.3) is 0 Å². The highest BCUT2D eigenvalue weighted by atomic mass is 16.5. The molecule has 2 nitrogen and oxygen atoms in total.